The van der Waals surface area contributed by atoms with Gasteiger partial charge in [0, 0.05) is 61.2 Å². The molecule has 8 rings (SSSR count). The second-order valence-electron chi connectivity index (χ2n) is 15.4. The predicted octanol–water partition coefficient (Wildman–Crippen LogP) is 5.81. The van der Waals surface area contributed by atoms with Crippen LogP contribution in [0.4, 0.5) is 0 Å². The smallest absolute Gasteiger partial charge is 0.254 e. The van der Waals surface area contributed by atoms with Gasteiger partial charge < -0.3 is 34.7 Å². The zero-order valence-electron chi connectivity index (χ0n) is 32.3. The van der Waals surface area contributed by atoms with E-state index in [0.717, 1.165) is 45.9 Å². The van der Waals surface area contributed by atoms with Crippen LogP contribution in [0, 0.1) is 12.8 Å². The van der Waals surface area contributed by atoms with Gasteiger partial charge in [-0.15, -0.1) is 21.5 Å². The summed E-state index contributed by atoms with van der Waals surface area (Å²) < 4.78 is 11.6. The minimum absolute atomic E-state index is 0.0525. The number of carbonyl (C=O) groups is 2. The van der Waals surface area contributed by atoms with E-state index in [1.165, 1.54) is 4.90 Å². The standard InChI is InChI=1S/C42H46N8O6S/c1-23(2)38(42(54)50-21-30(51)17-34(50)41(53)44-24(3)26-9-11-27(12-10-26)39-25(4)43-22-57-39)36-18-37(48-56-36)55-14-13-49-19-29(20-49)32-15-28-16-33(46-47-40(28)45-32)31-7-5-6-8-35(31)52/h5-12,15-16,18,22-24,29-30,34,38,51-52H,13-14,17,19-21H2,1-4H3,(H,44,53)(H,45,47)/t24-,30+,34-,38-/m0/s1. The number of likely N-dealkylation sites (tertiary alicyclic amines) is 2. The molecular weight excluding hydrogens is 745 g/mol. The number of ether oxygens (including phenoxy) is 1. The molecule has 2 fully saturated rings. The first kappa shape index (κ1) is 38.2. The monoisotopic (exact) mass is 790 g/mol. The Labute approximate surface area is 333 Å². The number of nitrogens with zero attached hydrogens (tertiary/aromatic N) is 6. The van der Waals surface area contributed by atoms with E-state index < -0.39 is 18.1 Å². The van der Waals surface area contributed by atoms with Crippen molar-refractivity contribution in [3.63, 3.8) is 0 Å². The summed E-state index contributed by atoms with van der Waals surface area (Å²) in [5.74, 6) is -0.393. The summed E-state index contributed by atoms with van der Waals surface area (Å²) in [6.07, 6.45) is -0.674. The average molecular weight is 791 g/mol. The van der Waals surface area contributed by atoms with Crippen molar-refractivity contribution in [3.05, 3.63) is 95.0 Å². The maximum atomic E-state index is 14.1. The Balaban J connectivity index is 0.838. The topological polar surface area (TPSA) is 183 Å². The number of aromatic hydroxyl groups is 1. The summed E-state index contributed by atoms with van der Waals surface area (Å²) in [4.78, 5) is 40.3. The molecule has 6 aromatic rings. The maximum Gasteiger partial charge on any atom is 0.254 e. The lowest BCUT2D eigenvalue weighted by molar-refractivity contribution is -0.141. The summed E-state index contributed by atoms with van der Waals surface area (Å²) >= 11 is 1.59. The molecule has 0 spiro atoms. The van der Waals surface area contributed by atoms with Gasteiger partial charge in [0.25, 0.3) is 5.88 Å². The number of hydrogen-bond donors (Lipinski definition) is 4. The van der Waals surface area contributed by atoms with Gasteiger partial charge in [-0.2, -0.15) is 0 Å². The highest BCUT2D eigenvalue weighted by molar-refractivity contribution is 7.13. The number of nitrogens with one attached hydrogen (secondary N) is 2. The Hall–Kier alpha value is -5.64. The molecule has 57 heavy (non-hydrogen) atoms. The third-order valence-electron chi connectivity index (χ3n) is 11.0. The van der Waals surface area contributed by atoms with Gasteiger partial charge in [-0.25, -0.2) is 4.98 Å². The number of aromatic amines is 1. The summed E-state index contributed by atoms with van der Waals surface area (Å²) in [6.45, 7) is 10.5. The lowest BCUT2D eigenvalue weighted by Crippen LogP contribution is -2.48. The Morgan fingerprint density at radius 1 is 1.05 bits per heavy atom. The highest BCUT2D eigenvalue weighted by Gasteiger charge is 2.43. The van der Waals surface area contributed by atoms with Crippen LogP contribution in [-0.4, -0.2) is 102 Å². The van der Waals surface area contributed by atoms with Crippen molar-refractivity contribution in [3.8, 4) is 33.3 Å². The molecular formula is C42H46N8O6S. The van der Waals surface area contributed by atoms with E-state index in [2.05, 4.69) is 41.6 Å². The summed E-state index contributed by atoms with van der Waals surface area (Å²) in [6, 6.07) is 19.6. The molecule has 4 aromatic heterocycles. The van der Waals surface area contributed by atoms with Gasteiger partial charge in [0.2, 0.25) is 11.8 Å². The predicted molar refractivity (Wildman–Crippen MR) is 215 cm³/mol. The number of amides is 2. The fourth-order valence-electron chi connectivity index (χ4n) is 7.83. The number of aromatic nitrogens is 5. The summed E-state index contributed by atoms with van der Waals surface area (Å²) in [5.41, 5.74) is 7.86. The normalized spacial score (nSPS) is 18.5. The van der Waals surface area contributed by atoms with Crippen molar-refractivity contribution in [2.45, 2.75) is 64.1 Å². The lowest BCUT2D eigenvalue weighted by Gasteiger charge is -2.38. The number of H-pyrrole nitrogens is 1. The Bertz CT molecular complexity index is 2370. The minimum atomic E-state index is -0.826. The molecule has 0 unspecified atom stereocenters. The van der Waals surface area contributed by atoms with Crippen LogP contribution in [0.3, 0.4) is 0 Å². The number of carbonyl (C=O) groups excluding carboxylic acids is 2. The Morgan fingerprint density at radius 3 is 2.58 bits per heavy atom. The molecule has 6 heterocycles. The van der Waals surface area contributed by atoms with Crippen LogP contribution in [0.2, 0.25) is 0 Å². The number of rotatable bonds is 13. The van der Waals surface area contributed by atoms with Crippen LogP contribution in [0.1, 0.15) is 67.8 Å². The number of thiazole rings is 1. The van der Waals surface area contributed by atoms with Gasteiger partial charge in [0.05, 0.1) is 33.9 Å². The zero-order chi connectivity index (χ0) is 39.8. The van der Waals surface area contributed by atoms with Crippen molar-refractivity contribution >= 4 is 34.2 Å². The summed E-state index contributed by atoms with van der Waals surface area (Å²) in [7, 11) is 0. The van der Waals surface area contributed by atoms with Crippen molar-refractivity contribution in [1.29, 1.82) is 0 Å². The number of aliphatic hydroxyl groups excluding tert-OH is 1. The number of benzene rings is 2. The number of phenols is 1. The average Bonchev–Trinajstić information content (AvgIpc) is 3.99. The fraction of sp³-hybridized carbons (Fsp3) is 0.381. The Morgan fingerprint density at radius 2 is 1.84 bits per heavy atom. The third-order valence-corrected chi connectivity index (χ3v) is 12.0. The zero-order valence-corrected chi connectivity index (χ0v) is 33.1. The molecule has 2 aromatic carbocycles. The van der Waals surface area contributed by atoms with Gasteiger partial charge >= 0.3 is 0 Å². The molecule has 4 atom stereocenters. The SMILES string of the molecule is Cc1ncsc1-c1ccc([C@H](C)NC(=O)[C@@H]2C[C@@H](O)CN2C(=O)[C@H](c2cc(OCCN3CC(c4cc5cc(-c6ccccc6O)nnc5[nH]4)C3)no2)C(C)C)cc1. The van der Waals surface area contributed by atoms with Crippen LogP contribution >= 0.6 is 11.3 Å². The molecule has 2 amide bonds. The van der Waals surface area contributed by atoms with Crippen molar-refractivity contribution in [1.82, 2.24) is 40.4 Å². The van der Waals surface area contributed by atoms with Gasteiger partial charge in [0.1, 0.15) is 24.3 Å². The molecule has 2 aliphatic heterocycles. The number of fused-ring (bicyclic) bond motifs is 1. The van der Waals surface area contributed by atoms with E-state index in [1.807, 2.05) is 75.7 Å². The molecule has 15 heteroatoms. The first-order chi connectivity index (χ1) is 27.5. The molecule has 2 aliphatic rings. The van der Waals surface area contributed by atoms with E-state index >= 15 is 0 Å². The molecule has 296 valence electrons. The molecule has 0 aliphatic carbocycles. The van der Waals surface area contributed by atoms with E-state index in [4.69, 9.17) is 9.26 Å². The van der Waals surface area contributed by atoms with Crippen molar-refractivity contribution in [2.24, 2.45) is 5.92 Å². The number of phenolic OH excluding ortho intramolecular Hbond substituents is 1. The van der Waals surface area contributed by atoms with Gasteiger partial charge in [0.15, 0.2) is 11.4 Å². The lowest BCUT2D eigenvalue weighted by atomic mass is 9.91. The van der Waals surface area contributed by atoms with Crippen LogP contribution in [0.15, 0.2) is 76.8 Å². The minimum Gasteiger partial charge on any atom is -0.507 e. The van der Waals surface area contributed by atoms with Crippen LogP contribution in [0.25, 0.3) is 32.7 Å². The summed E-state index contributed by atoms with van der Waals surface area (Å²) in [5, 5.41) is 37.6. The van der Waals surface area contributed by atoms with E-state index in [1.54, 1.807) is 29.5 Å². The molecule has 0 radical (unpaired) electrons. The number of aryl methyl sites for hydroxylation is 1. The molecule has 4 N–H and O–H groups in total. The highest BCUT2D eigenvalue weighted by atomic mass is 32.1. The molecule has 0 bridgehead atoms. The largest absolute Gasteiger partial charge is 0.507 e. The van der Waals surface area contributed by atoms with E-state index in [9.17, 15) is 19.8 Å². The molecule has 2 saturated heterocycles. The van der Waals surface area contributed by atoms with Gasteiger partial charge in [-0.3, -0.25) is 14.5 Å². The maximum absolute atomic E-state index is 14.1. The highest BCUT2D eigenvalue weighted by Crippen LogP contribution is 2.35. The first-order valence-electron chi connectivity index (χ1n) is 19.3. The first-order valence-corrected chi connectivity index (χ1v) is 20.2. The van der Waals surface area contributed by atoms with Crippen molar-refractivity contribution in [2.75, 3.05) is 32.8 Å². The van der Waals surface area contributed by atoms with Crippen LogP contribution in [0.5, 0.6) is 11.6 Å². The fourth-order valence-corrected chi connectivity index (χ4v) is 8.64. The quantitative estimate of drug-likeness (QED) is 0.111. The Kier molecular flexibility index (Phi) is 10.8. The molecule has 0 saturated carbocycles. The van der Waals surface area contributed by atoms with Gasteiger partial charge in [-0.05, 0) is 60.3 Å². The van der Waals surface area contributed by atoms with Crippen molar-refractivity contribution < 1.29 is 29.1 Å². The molecule has 14 nitrogen and oxygen atoms in total. The van der Waals surface area contributed by atoms with Crippen LogP contribution in [-0.2, 0) is 9.59 Å². The van der Waals surface area contributed by atoms with Crippen LogP contribution < -0.4 is 10.1 Å². The number of aliphatic hydroxyl groups is 1. The van der Waals surface area contributed by atoms with E-state index in [-0.39, 0.29) is 48.4 Å². The number of hydrogen-bond acceptors (Lipinski definition) is 12. The number of para-hydroxylation sites is 1. The second kappa shape index (κ2) is 16.1. The second-order valence-corrected chi connectivity index (χ2v) is 16.2. The van der Waals surface area contributed by atoms with E-state index in [0.29, 0.717) is 41.7 Å². The number of β-amino-alcohol motifs (C(OH)–C–C–N with tert-alkyl or cyclic N) is 1. The van der Waals surface area contributed by atoms with Gasteiger partial charge in [-0.1, -0.05) is 50.2 Å². The third kappa shape index (κ3) is 8.00.